The summed E-state index contributed by atoms with van der Waals surface area (Å²) in [6.07, 6.45) is 5.27. The van der Waals surface area contributed by atoms with Gasteiger partial charge in [-0.3, -0.25) is 0 Å². The molecule has 4 rings (SSSR count). The number of fused-ring (bicyclic) bond motifs is 1. The first-order valence-electron chi connectivity index (χ1n) is 7.08. The smallest absolute Gasteiger partial charge is 0.227 e. The lowest BCUT2D eigenvalue weighted by Crippen LogP contribution is -1.98. The Morgan fingerprint density at radius 1 is 1.00 bits per heavy atom. The maximum Gasteiger partial charge on any atom is 0.227 e. The van der Waals surface area contributed by atoms with Gasteiger partial charge in [0.05, 0.1) is 5.69 Å². The van der Waals surface area contributed by atoms with Crippen molar-refractivity contribution in [1.29, 1.82) is 0 Å². The van der Waals surface area contributed by atoms with E-state index in [9.17, 15) is 4.39 Å². The van der Waals surface area contributed by atoms with Crippen LogP contribution in [0.4, 0.5) is 16.0 Å². The van der Waals surface area contributed by atoms with E-state index in [-0.39, 0.29) is 5.82 Å². The molecule has 0 bridgehead atoms. The van der Waals surface area contributed by atoms with Gasteiger partial charge in [-0.2, -0.15) is 0 Å². The number of H-pyrrole nitrogens is 1. The van der Waals surface area contributed by atoms with Crippen molar-refractivity contribution in [2.75, 3.05) is 5.32 Å². The van der Waals surface area contributed by atoms with Crippen LogP contribution in [0, 0.1) is 5.82 Å². The quantitative estimate of drug-likeness (QED) is 0.602. The summed E-state index contributed by atoms with van der Waals surface area (Å²) >= 11 is 0. The second-order valence-corrected chi connectivity index (χ2v) is 5.00. The molecule has 1 aromatic carbocycles. The molecule has 3 aromatic heterocycles. The molecule has 0 atom stereocenters. The van der Waals surface area contributed by atoms with E-state index in [2.05, 4.69) is 25.3 Å². The number of rotatable bonds is 3. The van der Waals surface area contributed by atoms with Crippen LogP contribution in [-0.4, -0.2) is 19.9 Å². The number of benzene rings is 1. The van der Waals surface area contributed by atoms with E-state index in [0.29, 0.717) is 11.6 Å². The van der Waals surface area contributed by atoms with E-state index in [1.54, 1.807) is 24.5 Å². The third-order valence-corrected chi connectivity index (χ3v) is 3.46. The summed E-state index contributed by atoms with van der Waals surface area (Å²) in [7, 11) is 0. The van der Waals surface area contributed by atoms with E-state index < -0.39 is 0 Å². The Hall–Kier alpha value is -3.28. The van der Waals surface area contributed by atoms with Gasteiger partial charge in [0, 0.05) is 35.2 Å². The maximum absolute atomic E-state index is 13.3. The van der Waals surface area contributed by atoms with Gasteiger partial charge in [-0.05, 0) is 36.4 Å². The van der Waals surface area contributed by atoms with Crippen molar-refractivity contribution in [3.63, 3.8) is 0 Å². The van der Waals surface area contributed by atoms with Crippen molar-refractivity contribution >= 4 is 22.7 Å². The number of aromatic amines is 1. The first kappa shape index (κ1) is 13.4. The van der Waals surface area contributed by atoms with Crippen molar-refractivity contribution in [2.45, 2.75) is 0 Å². The average Bonchev–Trinajstić information content (AvgIpc) is 2.99. The van der Waals surface area contributed by atoms with Gasteiger partial charge in [-0.15, -0.1) is 0 Å². The van der Waals surface area contributed by atoms with Crippen molar-refractivity contribution in [3.8, 4) is 11.3 Å². The lowest BCUT2D eigenvalue weighted by Gasteiger charge is -2.06. The van der Waals surface area contributed by atoms with Crippen molar-refractivity contribution in [2.24, 2.45) is 0 Å². The predicted octanol–water partition coefficient (Wildman–Crippen LogP) is 3.90. The van der Waals surface area contributed by atoms with Crippen LogP contribution in [0.15, 0.2) is 61.1 Å². The molecule has 6 heteroatoms. The Bertz CT molecular complexity index is 979. The van der Waals surface area contributed by atoms with Crippen LogP contribution in [0.1, 0.15) is 0 Å². The molecule has 0 aliphatic heterocycles. The molecule has 0 aliphatic rings. The summed E-state index contributed by atoms with van der Waals surface area (Å²) in [6, 6.07) is 11.9. The minimum atomic E-state index is -0.311. The van der Waals surface area contributed by atoms with Crippen molar-refractivity contribution in [1.82, 2.24) is 19.9 Å². The molecule has 0 aliphatic carbocycles. The summed E-state index contributed by atoms with van der Waals surface area (Å²) in [5.41, 5.74) is 3.11. The number of nitrogens with one attached hydrogen (secondary N) is 2. The highest BCUT2D eigenvalue weighted by molar-refractivity contribution is 5.92. The van der Waals surface area contributed by atoms with Crippen molar-refractivity contribution in [3.05, 3.63) is 66.9 Å². The zero-order chi connectivity index (χ0) is 15.6. The number of hydrogen-bond acceptors (Lipinski definition) is 4. The molecule has 23 heavy (non-hydrogen) atoms. The number of halogens is 1. The number of nitrogens with zero attached hydrogens (tertiary/aromatic N) is 3. The second kappa shape index (κ2) is 5.49. The lowest BCUT2D eigenvalue weighted by atomic mass is 10.1. The monoisotopic (exact) mass is 305 g/mol. The van der Waals surface area contributed by atoms with Gasteiger partial charge in [0.15, 0.2) is 0 Å². The van der Waals surface area contributed by atoms with Gasteiger partial charge < -0.3 is 10.3 Å². The number of pyridine rings is 1. The Kier molecular flexibility index (Phi) is 3.20. The molecule has 4 aromatic rings. The van der Waals surface area contributed by atoms with Crippen molar-refractivity contribution < 1.29 is 4.39 Å². The van der Waals surface area contributed by atoms with Gasteiger partial charge in [0.2, 0.25) is 5.95 Å². The first-order chi connectivity index (χ1) is 11.3. The highest BCUT2D eigenvalue weighted by Gasteiger charge is 2.09. The average molecular weight is 305 g/mol. The molecule has 0 radical (unpaired) electrons. The third kappa shape index (κ3) is 2.62. The van der Waals surface area contributed by atoms with Crippen LogP contribution in [-0.2, 0) is 0 Å². The van der Waals surface area contributed by atoms with Crippen LogP contribution in [0.5, 0.6) is 0 Å². The molecule has 0 saturated carbocycles. The molecule has 0 saturated heterocycles. The standard InChI is InChI=1S/C17H12FN5/c18-11-3-1-4-12(9-11)22-17-20-8-6-15(23-17)14-10-21-16-13(14)5-2-7-19-16/h1-10H,(H,19,21)(H,20,22,23). The topological polar surface area (TPSA) is 66.5 Å². The molecule has 0 amide bonds. The number of hydrogen-bond donors (Lipinski definition) is 2. The first-order valence-corrected chi connectivity index (χ1v) is 7.08. The van der Waals surface area contributed by atoms with E-state index in [4.69, 9.17) is 0 Å². The Balaban J connectivity index is 1.71. The molecule has 2 N–H and O–H groups in total. The molecular formula is C17H12FN5. The SMILES string of the molecule is Fc1cccc(Nc2nccc(-c3c[nH]c4ncccc34)n2)c1. The summed E-state index contributed by atoms with van der Waals surface area (Å²) in [6.45, 7) is 0. The van der Waals surface area contributed by atoms with E-state index in [0.717, 1.165) is 22.3 Å². The minimum absolute atomic E-state index is 0.311. The van der Waals surface area contributed by atoms with E-state index in [1.165, 1.54) is 12.1 Å². The van der Waals surface area contributed by atoms with Gasteiger partial charge in [-0.1, -0.05) is 6.07 Å². The Morgan fingerprint density at radius 2 is 1.96 bits per heavy atom. The summed E-state index contributed by atoms with van der Waals surface area (Å²) in [4.78, 5) is 16.1. The maximum atomic E-state index is 13.3. The fourth-order valence-electron chi connectivity index (χ4n) is 2.43. The molecule has 112 valence electrons. The lowest BCUT2D eigenvalue weighted by molar-refractivity contribution is 0.628. The number of anilines is 2. The predicted molar refractivity (Wildman–Crippen MR) is 86.8 cm³/mol. The molecule has 3 heterocycles. The van der Waals surface area contributed by atoms with Gasteiger partial charge in [-0.25, -0.2) is 19.3 Å². The molecule has 0 unspecified atom stereocenters. The van der Waals surface area contributed by atoms with E-state index >= 15 is 0 Å². The largest absolute Gasteiger partial charge is 0.345 e. The Morgan fingerprint density at radius 3 is 2.87 bits per heavy atom. The summed E-state index contributed by atoms with van der Waals surface area (Å²) in [5.74, 6) is 0.0974. The van der Waals surface area contributed by atoms with Gasteiger partial charge in [0.1, 0.15) is 11.5 Å². The van der Waals surface area contributed by atoms with Gasteiger partial charge in [0.25, 0.3) is 0 Å². The minimum Gasteiger partial charge on any atom is -0.345 e. The van der Waals surface area contributed by atoms with Gasteiger partial charge >= 0.3 is 0 Å². The van der Waals surface area contributed by atoms with Crippen LogP contribution in [0.3, 0.4) is 0 Å². The normalized spacial score (nSPS) is 10.8. The van der Waals surface area contributed by atoms with E-state index in [1.807, 2.05) is 24.4 Å². The fourth-order valence-corrected chi connectivity index (χ4v) is 2.43. The molecule has 0 fully saturated rings. The highest BCUT2D eigenvalue weighted by Crippen LogP contribution is 2.26. The zero-order valence-electron chi connectivity index (χ0n) is 12.0. The van der Waals surface area contributed by atoms with Crippen LogP contribution < -0.4 is 5.32 Å². The molecular weight excluding hydrogens is 293 g/mol. The summed E-state index contributed by atoms with van der Waals surface area (Å²) < 4.78 is 13.3. The Labute approximate surface area is 131 Å². The summed E-state index contributed by atoms with van der Waals surface area (Å²) in [5, 5.41) is 4.00. The fraction of sp³-hybridized carbons (Fsp3) is 0. The number of aromatic nitrogens is 4. The third-order valence-electron chi connectivity index (χ3n) is 3.46. The zero-order valence-corrected chi connectivity index (χ0v) is 12.0. The second-order valence-electron chi connectivity index (χ2n) is 5.00. The van der Waals surface area contributed by atoms with Crippen LogP contribution >= 0.6 is 0 Å². The van der Waals surface area contributed by atoms with Crippen LogP contribution in [0.25, 0.3) is 22.3 Å². The van der Waals surface area contributed by atoms with Crippen LogP contribution in [0.2, 0.25) is 0 Å². The molecule has 5 nitrogen and oxygen atoms in total. The molecule has 0 spiro atoms. The highest BCUT2D eigenvalue weighted by atomic mass is 19.1.